The fourth-order valence-corrected chi connectivity index (χ4v) is 1.21. The zero-order valence-electron chi connectivity index (χ0n) is 6.00. The minimum atomic E-state index is -2.41. The quantitative estimate of drug-likeness (QED) is 0.400. The molecule has 0 bridgehead atoms. The Labute approximate surface area is 69.4 Å². The van der Waals surface area contributed by atoms with Crippen molar-refractivity contribution in [3.05, 3.63) is 16.3 Å². The lowest BCUT2D eigenvalue weighted by Crippen LogP contribution is -1.95. The van der Waals surface area contributed by atoms with Gasteiger partial charge in [0, 0.05) is 7.05 Å². The van der Waals surface area contributed by atoms with Gasteiger partial charge in [-0.1, -0.05) is 0 Å². The van der Waals surface area contributed by atoms with Crippen molar-refractivity contribution < 1.29 is 13.7 Å². The van der Waals surface area contributed by atoms with Gasteiger partial charge >= 0.3 is 5.69 Å². The van der Waals surface area contributed by atoms with E-state index in [1.165, 1.54) is 7.05 Å². The van der Waals surface area contributed by atoms with Gasteiger partial charge in [0.15, 0.2) is 0 Å². The largest absolute Gasteiger partial charge is 0.325 e. The molecule has 0 radical (unpaired) electrons. The Balaban J connectivity index is 3.26. The van der Waals surface area contributed by atoms with Gasteiger partial charge in [0.2, 0.25) is 11.1 Å². The zero-order chi connectivity index (χ0) is 9.30. The highest BCUT2D eigenvalue weighted by Crippen LogP contribution is 2.18. The van der Waals surface area contributed by atoms with Crippen LogP contribution in [0.1, 0.15) is 0 Å². The number of rotatable bonds is 2. The normalized spacial score (nSPS) is 12.8. The van der Waals surface area contributed by atoms with Gasteiger partial charge in [0.05, 0.1) is 4.92 Å². The molecule has 0 spiro atoms. The van der Waals surface area contributed by atoms with Crippen molar-refractivity contribution in [3.8, 4) is 0 Å². The van der Waals surface area contributed by atoms with Crippen LogP contribution in [0.4, 0.5) is 5.69 Å². The van der Waals surface area contributed by atoms with Gasteiger partial charge < -0.3 is 4.55 Å². The molecule has 0 amide bonds. The van der Waals surface area contributed by atoms with Crippen LogP contribution >= 0.6 is 0 Å². The van der Waals surface area contributed by atoms with Crippen molar-refractivity contribution >= 4 is 16.8 Å². The van der Waals surface area contributed by atoms with Crippen LogP contribution in [-0.2, 0) is 18.1 Å². The molecule has 1 unspecified atom stereocenters. The van der Waals surface area contributed by atoms with E-state index >= 15 is 0 Å². The topological polar surface area (TPSA) is 98.3 Å². The molecule has 1 N–H and O–H groups in total. The predicted molar refractivity (Wildman–Crippen MR) is 38.9 cm³/mol. The first-order valence-electron chi connectivity index (χ1n) is 2.81. The zero-order valence-corrected chi connectivity index (χ0v) is 6.82. The second-order valence-corrected chi connectivity index (χ2v) is 2.88. The van der Waals surface area contributed by atoms with Crippen LogP contribution in [0.3, 0.4) is 0 Å². The van der Waals surface area contributed by atoms with E-state index in [1.54, 1.807) is 0 Å². The standard InChI is InChI=1S/C4H5N3O4S/c1-6-2-3(7(8)9)4(5-6)12(10)11/h2H,1H3,(H,10,11). The first-order valence-corrected chi connectivity index (χ1v) is 3.92. The molecule has 1 aromatic rings. The summed E-state index contributed by atoms with van der Waals surface area (Å²) in [6.45, 7) is 0. The van der Waals surface area contributed by atoms with Crippen molar-refractivity contribution in [2.75, 3.05) is 0 Å². The molecule has 0 aromatic carbocycles. The number of aryl methyl sites for hydroxylation is 1. The molecule has 1 rings (SSSR count). The number of aromatic nitrogens is 2. The van der Waals surface area contributed by atoms with E-state index in [0.29, 0.717) is 0 Å². The van der Waals surface area contributed by atoms with E-state index in [9.17, 15) is 14.3 Å². The van der Waals surface area contributed by atoms with Gasteiger partial charge in [0.25, 0.3) is 5.03 Å². The van der Waals surface area contributed by atoms with Gasteiger partial charge in [0.1, 0.15) is 6.20 Å². The third kappa shape index (κ3) is 1.48. The predicted octanol–water partition coefficient (Wildman–Crippen LogP) is -0.0911. The molecule has 0 saturated carbocycles. The Hall–Kier alpha value is -1.28. The summed E-state index contributed by atoms with van der Waals surface area (Å²) in [4.78, 5) is 9.49. The minimum absolute atomic E-state index is 0.428. The second kappa shape index (κ2) is 2.99. The average Bonchev–Trinajstić information content (AvgIpc) is 2.31. The highest BCUT2D eigenvalue weighted by molar-refractivity contribution is 7.79. The minimum Gasteiger partial charge on any atom is -0.301 e. The lowest BCUT2D eigenvalue weighted by atomic mass is 10.6. The van der Waals surface area contributed by atoms with E-state index in [-0.39, 0.29) is 0 Å². The Morgan fingerprint density at radius 2 is 2.42 bits per heavy atom. The molecule has 0 fully saturated rings. The SMILES string of the molecule is Cn1cc([N+](=O)[O-])c(S(=O)O)n1. The molecule has 7 nitrogen and oxygen atoms in total. The molecule has 0 aliphatic carbocycles. The summed E-state index contributed by atoms with van der Waals surface area (Å²) in [6, 6.07) is 0. The van der Waals surface area contributed by atoms with E-state index in [1.807, 2.05) is 0 Å². The van der Waals surface area contributed by atoms with E-state index in [4.69, 9.17) is 4.55 Å². The maximum absolute atomic E-state index is 10.5. The summed E-state index contributed by atoms with van der Waals surface area (Å²) in [5, 5.41) is 13.3. The molecular formula is C4H5N3O4S. The molecule has 0 saturated heterocycles. The van der Waals surface area contributed by atoms with Crippen LogP contribution in [0.15, 0.2) is 11.2 Å². The molecular weight excluding hydrogens is 186 g/mol. The number of hydrogen-bond donors (Lipinski definition) is 1. The Morgan fingerprint density at radius 1 is 1.83 bits per heavy atom. The Morgan fingerprint density at radius 3 is 2.75 bits per heavy atom. The van der Waals surface area contributed by atoms with Crippen LogP contribution in [0.5, 0.6) is 0 Å². The lowest BCUT2D eigenvalue weighted by Gasteiger charge is -1.85. The maximum atomic E-state index is 10.5. The third-order valence-corrected chi connectivity index (χ3v) is 1.76. The van der Waals surface area contributed by atoms with E-state index in [2.05, 4.69) is 5.10 Å². The van der Waals surface area contributed by atoms with E-state index < -0.39 is 26.7 Å². The molecule has 1 heterocycles. The van der Waals surface area contributed by atoms with Crippen LogP contribution in [0.25, 0.3) is 0 Å². The van der Waals surface area contributed by atoms with Crippen molar-refractivity contribution in [2.24, 2.45) is 7.05 Å². The summed E-state index contributed by atoms with van der Waals surface area (Å²) in [6.07, 6.45) is 1.07. The summed E-state index contributed by atoms with van der Waals surface area (Å²) < 4.78 is 20.1. The molecule has 66 valence electrons. The Bertz CT molecular complexity index is 315. The van der Waals surface area contributed by atoms with Gasteiger partial charge in [-0.3, -0.25) is 14.8 Å². The Kier molecular flexibility index (Phi) is 2.20. The van der Waals surface area contributed by atoms with Crippen LogP contribution < -0.4 is 0 Å². The van der Waals surface area contributed by atoms with Crippen molar-refractivity contribution in [3.63, 3.8) is 0 Å². The smallest absolute Gasteiger partial charge is 0.301 e. The highest BCUT2D eigenvalue weighted by Gasteiger charge is 2.22. The summed E-state index contributed by atoms with van der Waals surface area (Å²) in [7, 11) is 1.43. The summed E-state index contributed by atoms with van der Waals surface area (Å²) in [5.41, 5.74) is -0.446. The molecule has 0 aliphatic rings. The van der Waals surface area contributed by atoms with Crippen LogP contribution in [-0.4, -0.2) is 23.5 Å². The van der Waals surface area contributed by atoms with Gasteiger partial charge in [-0.2, -0.15) is 5.10 Å². The van der Waals surface area contributed by atoms with Gasteiger partial charge in [-0.25, -0.2) is 4.21 Å². The maximum Gasteiger partial charge on any atom is 0.325 e. The van der Waals surface area contributed by atoms with E-state index in [0.717, 1.165) is 10.9 Å². The van der Waals surface area contributed by atoms with Gasteiger partial charge in [-0.15, -0.1) is 0 Å². The van der Waals surface area contributed by atoms with Gasteiger partial charge in [-0.05, 0) is 0 Å². The van der Waals surface area contributed by atoms with Crippen LogP contribution in [0, 0.1) is 10.1 Å². The van der Waals surface area contributed by atoms with Crippen molar-refractivity contribution in [2.45, 2.75) is 5.03 Å². The van der Waals surface area contributed by atoms with Crippen LogP contribution in [0.2, 0.25) is 0 Å². The summed E-state index contributed by atoms with van der Waals surface area (Å²) in [5.74, 6) is 0. The fraction of sp³-hybridized carbons (Fsp3) is 0.250. The third-order valence-electron chi connectivity index (χ3n) is 1.14. The monoisotopic (exact) mass is 191 g/mol. The molecule has 1 atom stereocenters. The second-order valence-electron chi connectivity index (χ2n) is 2.00. The highest BCUT2D eigenvalue weighted by atomic mass is 32.2. The molecule has 0 aliphatic heterocycles. The van der Waals surface area contributed by atoms with Crippen molar-refractivity contribution in [1.82, 2.24) is 9.78 Å². The molecule has 1 aromatic heterocycles. The summed E-state index contributed by atoms with van der Waals surface area (Å²) >= 11 is -2.41. The first-order chi connectivity index (χ1) is 5.52. The number of nitro groups is 1. The first kappa shape index (κ1) is 8.81. The lowest BCUT2D eigenvalue weighted by molar-refractivity contribution is -0.387. The molecule has 12 heavy (non-hydrogen) atoms. The number of hydrogen-bond acceptors (Lipinski definition) is 4. The molecule has 8 heteroatoms. The number of nitrogens with zero attached hydrogens (tertiary/aromatic N) is 3. The average molecular weight is 191 g/mol. The fourth-order valence-electron chi connectivity index (χ4n) is 0.705. The van der Waals surface area contributed by atoms with Crippen molar-refractivity contribution in [1.29, 1.82) is 0 Å².